The summed E-state index contributed by atoms with van der Waals surface area (Å²) in [4.78, 5) is 28.0. The molecule has 4 rings (SSSR count). The molecule has 2 aromatic rings. The number of carboxylic acid groups (broad SMARTS) is 1. The minimum atomic E-state index is -2.17. The number of halogens is 1. The minimum absolute atomic E-state index is 0.0980. The molecule has 0 unspecified atom stereocenters. The normalized spacial score (nSPS) is 15.0. The predicted octanol–water partition coefficient (Wildman–Crippen LogP) is 5.95. The maximum absolute atomic E-state index is 13.1. The van der Waals surface area contributed by atoms with E-state index in [1.165, 1.54) is 10.4 Å². The Labute approximate surface area is 273 Å². The van der Waals surface area contributed by atoms with E-state index in [4.69, 9.17) is 21.1 Å². The Hall–Kier alpha value is -3.30. The summed E-state index contributed by atoms with van der Waals surface area (Å²) < 4.78 is 13.2. The monoisotopic (exact) mass is 649 g/mol. The molecule has 0 spiro atoms. The number of nitrogens with zero attached hydrogens (tertiary/aromatic N) is 2. The van der Waals surface area contributed by atoms with Crippen LogP contribution in [0.25, 0.3) is 5.57 Å². The molecule has 0 amide bonds. The van der Waals surface area contributed by atoms with Gasteiger partial charge in [-0.25, -0.2) is 9.37 Å². The van der Waals surface area contributed by atoms with Crippen LogP contribution in [0.4, 0.5) is 5.69 Å². The van der Waals surface area contributed by atoms with Crippen molar-refractivity contribution in [2.75, 3.05) is 65.4 Å². The van der Waals surface area contributed by atoms with Gasteiger partial charge in [0.15, 0.2) is 11.5 Å². The molecule has 7 nitrogen and oxygen atoms in total. The highest BCUT2D eigenvalue weighted by Crippen LogP contribution is 2.42. The van der Waals surface area contributed by atoms with Gasteiger partial charge in [0, 0.05) is 63.0 Å². The SMILES string of the molecule is CN(C)c1ccc2c(c1)[Si](C)(C)C1=CC(=[N+](C)C)C=CC1=C2c1ccc(C(=O)CCCOCCOCCCCCl)cc1C(=O)O. The van der Waals surface area contributed by atoms with Gasteiger partial charge in [-0.05, 0) is 76.2 Å². The summed E-state index contributed by atoms with van der Waals surface area (Å²) in [7, 11) is 5.97. The van der Waals surface area contributed by atoms with Crippen LogP contribution in [0.3, 0.4) is 0 Å². The molecule has 1 N–H and O–H groups in total. The van der Waals surface area contributed by atoms with Gasteiger partial charge in [0.25, 0.3) is 0 Å². The average Bonchev–Trinajstić information content (AvgIpc) is 3.01. The zero-order chi connectivity index (χ0) is 32.7. The highest BCUT2D eigenvalue weighted by molar-refractivity contribution is 6.98. The summed E-state index contributed by atoms with van der Waals surface area (Å²) in [5, 5.41) is 13.0. The highest BCUT2D eigenvalue weighted by atomic mass is 35.5. The van der Waals surface area contributed by atoms with Crippen molar-refractivity contribution in [1.82, 2.24) is 0 Å². The Morgan fingerprint density at radius 3 is 2.24 bits per heavy atom. The second-order valence-corrected chi connectivity index (χ2v) is 17.2. The van der Waals surface area contributed by atoms with Crippen LogP contribution in [-0.2, 0) is 9.47 Å². The fourth-order valence-electron chi connectivity index (χ4n) is 5.88. The number of unbranched alkanes of at least 4 members (excludes halogenated alkanes) is 1. The average molecular weight is 650 g/mol. The van der Waals surface area contributed by atoms with Crippen molar-refractivity contribution in [2.24, 2.45) is 0 Å². The summed E-state index contributed by atoms with van der Waals surface area (Å²) in [5.74, 6) is -0.512. The molecular weight excluding hydrogens is 604 g/mol. The van der Waals surface area contributed by atoms with Gasteiger partial charge in [-0.3, -0.25) is 4.79 Å². The fourth-order valence-corrected chi connectivity index (χ4v) is 9.14. The van der Waals surface area contributed by atoms with Crippen LogP contribution in [0.2, 0.25) is 13.1 Å². The van der Waals surface area contributed by atoms with Crippen LogP contribution in [0, 0.1) is 0 Å². The van der Waals surface area contributed by atoms with Crippen molar-refractivity contribution in [2.45, 2.75) is 38.8 Å². The van der Waals surface area contributed by atoms with Gasteiger partial charge in [-0.2, -0.15) is 0 Å². The molecule has 0 fully saturated rings. The second kappa shape index (κ2) is 15.3. The molecule has 1 aliphatic carbocycles. The van der Waals surface area contributed by atoms with E-state index >= 15 is 0 Å². The maximum Gasteiger partial charge on any atom is 0.336 e. The maximum atomic E-state index is 13.1. The molecule has 1 heterocycles. The topological polar surface area (TPSA) is 79.1 Å². The van der Waals surface area contributed by atoms with Crippen molar-refractivity contribution in [3.63, 3.8) is 0 Å². The van der Waals surface area contributed by atoms with E-state index in [-0.39, 0.29) is 17.8 Å². The largest absolute Gasteiger partial charge is 0.478 e. The van der Waals surface area contributed by atoms with Crippen LogP contribution < -0.4 is 10.1 Å². The van der Waals surface area contributed by atoms with E-state index in [2.05, 4.69) is 59.0 Å². The van der Waals surface area contributed by atoms with Crippen LogP contribution in [-0.4, -0.2) is 95.7 Å². The zero-order valence-electron chi connectivity index (χ0n) is 27.4. The predicted molar refractivity (Wildman–Crippen MR) is 187 cm³/mol. The summed E-state index contributed by atoms with van der Waals surface area (Å²) in [6, 6.07) is 11.6. The lowest BCUT2D eigenvalue weighted by molar-refractivity contribution is -0.462. The Morgan fingerprint density at radius 1 is 0.911 bits per heavy atom. The zero-order valence-corrected chi connectivity index (χ0v) is 29.2. The summed E-state index contributed by atoms with van der Waals surface area (Å²) in [6.45, 7) is 6.81. The Kier molecular flexibility index (Phi) is 11.8. The number of carboxylic acids is 1. The lowest BCUT2D eigenvalue weighted by Crippen LogP contribution is -2.49. The number of Topliss-reactive ketones (excluding diaryl/α,β-unsaturated/α-hetero) is 1. The van der Waals surface area contributed by atoms with Crippen molar-refractivity contribution in [1.29, 1.82) is 0 Å². The summed E-state index contributed by atoms with van der Waals surface area (Å²) in [5.41, 5.74) is 6.39. The van der Waals surface area contributed by atoms with E-state index < -0.39 is 14.0 Å². The van der Waals surface area contributed by atoms with Crippen LogP contribution in [0.15, 0.2) is 65.4 Å². The molecule has 2 aromatic carbocycles. The molecule has 0 bridgehead atoms. The molecule has 0 saturated carbocycles. The van der Waals surface area contributed by atoms with Crippen LogP contribution >= 0.6 is 11.6 Å². The number of carbonyl (C=O) groups is 2. The molecule has 1 aliphatic heterocycles. The third-order valence-corrected chi connectivity index (χ3v) is 12.3. The molecule has 0 saturated heterocycles. The smallest absolute Gasteiger partial charge is 0.336 e. The quantitative estimate of drug-likeness (QED) is 0.0846. The number of rotatable bonds is 15. The van der Waals surface area contributed by atoms with Crippen LogP contribution in [0.5, 0.6) is 0 Å². The number of hydrogen-bond donors (Lipinski definition) is 1. The van der Waals surface area contributed by atoms with Gasteiger partial charge in [0.2, 0.25) is 0 Å². The Balaban J connectivity index is 1.64. The Bertz CT molecular complexity index is 1570. The molecule has 45 heavy (non-hydrogen) atoms. The lowest BCUT2D eigenvalue weighted by atomic mass is 9.86. The molecular formula is C36H46ClN2O5Si+. The Morgan fingerprint density at radius 2 is 1.60 bits per heavy atom. The molecule has 2 aliphatic rings. The lowest BCUT2D eigenvalue weighted by Gasteiger charge is -2.38. The number of fused-ring (bicyclic) bond motifs is 2. The number of anilines is 1. The number of ether oxygens (including phenoxy) is 2. The molecule has 0 atom stereocenters. The van der Waals surface area contributed by atoms with Crippen molar-refractivity contribution < 1.29 is 28.7 Å². The van der Waals surface area contributed by atoms with Gasteiger partial charge < -0.3 is 19.5 Å². The van der Waals surface area contributed by atoms with Crippen LogP contribution in [0.1, 0.15) is 57.5 Å². The number of ketones is 1. The molecule has 240 valence electrons. The van der Waals surface area contributed by atoms with E-state index in [1.54, 1.807) is 12.1 Å². The highest BCUT2D eigenvalue weighted by Gasteiger charge is 2.41. The van der Waals surface area contributed by atoms with Crippen molar-refractivity contribution >= 4 is 53.6 Å². The summed E-state index contributed by atoms with van der Waals surface area (Å²) in [6.07, 6.45) is 9.18. The van der Waals surface area contributed by atoms with E-state index in [9.17, 15) is 14.7 Å². The standard InChI is InChI=1S/C36H45ClN2O5Si/c1-38(2)26-12-15-29-33(23-26)45(5,6)34-24-27(39(3)4)13-16-30(34)35(29)28-14-11-25(22-31(28)36(41)42)32(40)10-9-19-44-21-20-43-18-8-7-17-37/h11-16,22-24H,7-10,17-21H2,1-6H3/p+1. The molecule has 0 radical (unpaired) electrons. The van der Waals surface area contributed by atoms with Gasteiger partial charge in [0.1, 0.15) is 22.2 Å². The number of hydrogen-bond acceptors (Lipinski definition) is 5. The first-order valence-corrected chi connectivity index (χ1v) is 19.1. The number of alkyl halides is 1. The number of benzene rings is 2. The number of aromatic carboxylic acids is 1. The van der Waals surface area contributed by atoms with E-state index in [0.29, 0.717) is 49.9 Å². The van der Waals surface area contributed by atoms with Gasteiger partial charge in [0.05, 0.1) is 18.8 Å². The van der Waals surface area contributed by atoms with Gasteiger partial charge in [-0.1, -0.05) is 31.3 Å². The molecule has 0 aromatic heterocycles. The fraction of sp³-hybridized carbons (Fsp3) is 0.417. The third-order valence-electron chi connectivity index (χ3n) is 8.50. The first-order chi connectivity index (χ1) is 21.5. The van der Waals surface area contributed by atoms with Crippen molar-refractivity contribution in [3.05, 3.63) is 87.6 Å². The van der Waals surface area contributed by atoms with Gasteiger partial charge >= 0.3 is 5.97 Å². The van der Waals surface area contributed by atoms with Gasteiger partial charge in [-0.15, -0.1) is 11.6 Å². The minimum Gasteiger partial charge on any atom is -0.478 e. The number of carbonyl (C=O) groups excluding carboxylic acids is 1. The van der Waals surface area contributed by atoms with E-state index in [1.807, 2.05) is 34.3 Å². The first-order valence-electron chi connectivity index (χ1n) is 15.6. The summed E-state index contributed by atoms with van der Waals surface area (Å²) >= 11 is 5.67. The number of allylic oxidation sites excluding steroid dienone is 5. The van der Waals surface area contributed by atoms with Crippen molar-refractivity contribution in [3.8, 4) is 0 Å². The first kappa shape index (κ1) is 34.6. The van der Waals surface area contributed by atoms with E-state index in [0.717, 1.165) is 41.0 Å². The third kappa shape index (κ3) is 7.92. The molecule has 9 heteroatoms. The second-order valence-electron chi connectivity index (χ2n) is 12.5.